The van der Waals surface area contributed by atoms with Crippen LogP contribution in [0.4, 0.5) is 0 Å². The van der Waals surface area contributed by atoms with Gasteiger partial charge in [-0.2, -0.15) is 10.4 Å². The fourth-order valence-corrected chi connectivity index (χ4v) is 3.04. The molecule has 0 fully saturated rings. The summed E-state index contributed by atoms with van der Waals surface area (Å²) in [5.74, 6) is -0.214. The molecule has 1 aliphatic rings. The summed E-state index contributed by atoms with van der Waals surface area (Å²) in [5, 5.41) is 14.8. The van der Waals surface area contributed by atoms with Crippen LogP contribution in [-0.2, 0) is 10.8 Å². The van der Waals surface area contributed by atoms with Crippen LogP contribution in [-0.4, -0.2) is 33.6 Å². The first kappa shape index (κ1) is 16.1. The van der Waals surface area contributed by atoms with Gasteiger partial charge >= 0.3 is 0 Å². The first-order valence-corrected chi connectivity index (χ1v) is 8.97. The van der Waals surface area contributed by atoms with Gasteiger partial charge in [-0.3, -0.25) is 9.00 Å². The Morgan fingerprint density at radius 1 is 1.25 bits per heavy atom. The number of hydrogen-bond donors (Lipinski definition) is 0. The van der Waals surface area contributed by atoms with Crippen LogP contribution in [0.15, 0.2) is 58.5 Å². The molecule has 0 N–H and O–H groups in total. The van der Waals surface area contributed by atoms with E-state index in [1.54, 1.807) is 30.5 Å². The van der Waals surface area contributed by atoms with E-state index in [0.717, 1.165) is 16.2 Å². The number of amides is 1. The van der Waals surface area contributed by atoms with Crippen LogP contribution in [0.3, 0.4) is 0 Å². The molecule has 1 heterocycles. The zero-order valence-corrected chi connectivity index (χ0v) is 13.9. The summed E-state index contributed by atoms with van der Waals surface area (Å²) in [6.07, 6.45) is 2.30. The predicted octanol–water partition coefficient (Wildman–Crippen LogP) is 2.55. The SMILES string of the molecule is CS(=O)c1ccc(C2=NN(C(=O)c3cccc(C#N)c3)CC2)cc1. The summed E-state index contributed by atoms with van der Waals surface area (Å²) >= 11 is 0. The third kappa shape index (κ3) is 3.26. The van der Waals surface area contributed by atoms with E-state index < -0.39 is 10.8 Å². The van der Waals surface area contributed by atoms with Gasteiger partial charge in [0.15, 0.2) is 0 Å². The lowest BCUT2D eigenvalue weighted by molar-refractivity contribution is 0.0778. The highest BCUT2D eigenvalue weighted by Gasteiger charge is 2.22. The van der Waals surface area contributed by atoms with Crippen LogP contribution in [0.1, 0.15) is 27.9 Å². The number of nitriles is 1. The van der Waals surface area contributed by atoms with Crippen molar-refractivity contribution in [3.63, 3.8) is 0 Å². The van der Waals surface area contributed by atoms with Crippen LogP contribution >= 0.6 is 0 Å². The largest absolute Gasteiger partial charge is 0.274 e. The van der Waals surface area contributed by atoms with Crippen molar-refractivity contribution in [2.75, 3.05) is 12.8 Å². The molecule has 120 valence electrons. The van der Waals surface area contributed by atoms with Gasteiger partial charge in [-0.1, -0.05) is 18.2 Å². The predicted molar refractivity (Wildman–Crippen MR) is 92.1 cm³/mol. The van der Waals surface area contributed by atoms with Crippen molar-refractivity contribution in [1.82, 2.24) is 5.01 Å². The van der Waals surface area contributed by atoms with Gasteiger partial charge in [0.25, 0.3) is 5.91 Å². The molecule has 6 heteroatoms. The molecule has 0 spiro atoms. The van der Waals surface area contributed by atoms with Crippen molar-refractivity contribution < 1.29 is 9.00 Å². The molecule has 0 saturated heterocycles. The molecule has 1 atom stereocenters. The van der Waals surface area contributed by atoms with Crippen molar-refractivity contribution in [2.24, 2.45) is 5.10 Å². The fraction of sp³-hybridized carbons (Fsp3) is 0.167. The summed E-state index contributed by atoms with van der Waals surface area (Å²) in [5.41, 5.74) is 2.65. The smallest absolute Gasteiger partial charge is 0.267 e. The molecular weight excluding hydrogens is 322 g/mol. The lowest BCUT2D eigenvalue weighted by Gasteiger charge is -2.11. The maximum atomic E-state index is 12.5. The van der Waals surface area contributed by atoms with Crippen molar-refractivity contribution in [1.29, 1.82) is 5.26 Å². The summed E-state index contributed by atoms with van der Waals surface area (Å²) in [7, 11) is -1.01. The molecule has 0 aromatic heterocycles. The molecule has 2 aromatic carbocycles. The Balaban J connectivity index is 1.81. The lowest BCUT2D eigenvalue weighted by atomic mass is 10.1. The monoisotopic (exact) mass is 337 g/mol. The van der Waals surface area contributed by atoms with Crippen molar-refractivity contribution in [3.8, 4) is 6.07 Å². The Hall–Kier alpha value is -2.78. The second kappa shape index (κ2) is 6.77. The highest BCUT2D eigenvalue weighted by Crippen LogP contribution is 2.18. The van der Waals surface area contributed by atoms with Crippen LogP contribution in [0.25, 0.3) is 0 Å². The maximum absolute atomic E-state index is 12.5. The van der Waals surface area contributed by atoms with E-state index in [-0.39, 0.29) is 5.91 Å². The Kier molecular flexibility index (Phi) is 4.54. The number of benzene rings is 2. The van der Waals surface area contributed by atoms with Crippen molar-refractivity contribution in [3.05, 3.63) is 65.2 Å². The van der Waals surface area contributed by atoms with Gasteiger partial charge in [0.1, 0.15) is 0 Å². The minimum atomic E-state index is -1.01. The normalized spacial score (nSPS) is 14.8. The first-order valence-electron chi connectivity index (χ1n) is 7.42. The molecule has 1 amide bonds. The van der Waals surface area contributed by atoms with E-state index in [1.807, 2.05) is 30.3 Å². The van der Waals surface area contributed by atoms with Gasteiger partial charge in [0.2, 0.25) is 0 Å². The molecule has 1 aliphatic heterocycles. The van der Waals surface area contributed by atoms with Gasteiger partial charge in [0, 0.05) is 33.9 Å². The quantitative estimate of drug-likeness (QED) is 0.864. The van der Waals surface area contributed by atoms with Gasteiger partial charge in [-0.15, -0.1) is 0 Å². The van der Waals surface area contributed by atoms with E-state index >= 15 is 0 Å². The van der Waals surface area contributed by atoms with Crippen LogP contribution in [0.5, 0.6) is 0 Å². The summed E-state index contributed by atoms with van der Waals surface area (Å²) < 4.78 is 11.4. The minimum Gasteiger partial charge on any atom is -0.267 e. The second-order valence-corrected chi connectivity index (χ2v) is 6.78. The molecule has 24 heavy (non-hydrogen) atoms. The third-order valence-corrected chi connectivity index (χ3v) is 4.73. The minimum absolute atomic E-state index is 0.214. The Morgan fingerprint density at radius 2 is 2.00 bits per heavy atom. The number of hydrazone groups is 1. The molecule has 2 aromatic rings. The molecule has 1 unspecified atom stereocenters. The number of hydrogen-bond acceptors (Lipinski definition) is 4. The molecule has 0 saturated carbocycles. The number of rotatable bonds is 3. The van der Waals surface area contributed by atoms with Gasteiger partial charge in [-0.25, -0.2) is 5.01 Å². The Morgan fingerprint density at radius 3 is 2.67 bits per heavy atom. The van der Waals surface area contributed by atoms with Crippen LogP contribution < -0.4 is 0 Å². The van der Waals surface area contributed by atoms with Crippen molar-refractivity contribution in [2.45, 2.75) is 11.3 Å². The molecular formula is C18H15N3O2S. The van der Waals surface area contributed by atoms with E-state index in [4.69, 9.17) is 5.26 Å². The highest BCUT2D eigenvalue weighted by molar-refractivity contribution is 7.84. The summed E-state index contributed by atoms with van der Waals surface area (Å²) in [4.78, 5) is 13.3. The molecule has 5 nitrogen and oxygen atoms in total. The van der Waals surface area contributed by atoms with Crippen molar-refractivity contribution >= 4 is 22.4 Å². The Labute approximate surface area is 142 Å². The zero-order valence-electron chi connectivity index (χ0n) is 13.1. The first-order chi connectivity index (χ1) is 11.6. The summed E-state index contributed by atoms with van der Waals surface area (Å²) in [6, 6.07) is 16.0. The highest BCUT2D eigenvalue weighted by atomic mass is 32.2. The average Bonchev–Trinajstić information content (AvgIpc) is 3.11. The molecule has 3 rings (SSSR count). The standard InChI is InChI=1S/C18H15N3O2S/c1-24(23)16-7-5-14(6-8-16)17-9-10-21(20-17)18(22)15-4-2-3-13(11-15)12-19/h2-8,11H,9-10H2,1H3. The number of carbonyl (C=O) groups is 1. The average molecular weight is 337 g/mol. The number of carbonyl (C=O) groups excluding carboxylic acids is 1. The molecule has 0 aliphatic carbocycles. The second-order valence-electron chi connectivity index (χ2n) is 5.40. The lowest BCUT2D eigenvalue weighted by Crippen LogP contribution is -2.23. The molecule has 0 radical (unpaired) electrons. The summed E-state index contributed by atoms with van der Waals surface area (Å²) in [6.45, 7) is 0.506. The maximum Gasteiger partial charge on any atom is 0.274 e. The fourth-order valence-electron chi connectivity index (χ4n) is 2.52. The zero-order chi connectivity index (χ0) is 17.1. The van der Waals surface area contributed by atoms with Crippen LogP contribution in [0, 0.1) is 11.3 Å². The third-order valence-electron chi connectivity index (χ3n) is 3.79. The van der Waals surface area contributed by atoms with E-state index in [2.05, 4.69) is 5.10 Å². The van der Waals surface area contributed by atoms with Gasteiger partial charge < -0.3 is 0 Å². The molecule has 0 bridgehead atoms. The van der Waals surface area contributed by atoms with Crippen LogP contribution in [0.2, 0.25) is 0 Å². The van der Waals surface area contributed by atoms with E-state index in [9.17, 15) is 9.00 Å². The van der Waals surface area contributed by atoms with E-state index in [0.29, 0.717) is 24.1 Å². The Bertz CT molecular complexity index is 882. The van der Waals surface area contributed by atoms with Gasteiger partial charge in [-0.05, 0) is 35.9 Å². The van der Waals surface area contributed by atoms with Gasteiger partial charge in [0.05, 0.1) is 23.9 Å². The van der Waals surface area contributed by atoms with E-state index in [1.165, 1.54) is 5.01 Å². The topological polar surface area (TPSA) is 73.5 Å². The number of nitrogens with zero attached hydrogens (tertiary/aromatic N) is 3.